The summed E-state index contributed by atoms with van der Waals surface area (Å²) in [6.45, 7) is 1.81. The number of fused-ring (bicyclic) bond motifs is 1. The number of aromatic nitrogens is 4. The summed E-state index contributed by atoms with van der Waals surface area (Å²) in [4.78, 5) is 14.7. The van der Waals surface area contributed by atoms with Gasteiger partial charge in [0.1, 0.15) is 11.8 Å². The monoisotopic (exact) mass is 326 g/mol. The number of benzene rings is 1. The topological polar surface area (TPSA) is 79.1 Å². The summed E-state index contributed by atoms with van der Waals surface area (Å²) in [6, 6.07) is 10.2. The number of anilines is 1. The van der Waals surface area contributed by atoms with Gasteiger partial charge in [0.2, 0.25) is 0 Å². The summed E-state index contributed by atoms with van der Waals surface area (Å²) in [6.07, 6.45) is 2.66. The molecule has 3 aromatic rings. The molecule has 2 aromatic heterocycles. The minimum Gasteiger partial charge on any atom is -0.390 e. The fraction of sp³-hybridized carbons (Fsp3) is 0.353. The SMILES string of the molecule is CNc1ncnc2ncn(CC(O)CN(C)Cc3ccccc3)c12. The Morgan fingerprint density at radius 2 is 2.00 bits per heavy atom. The molecule has 0 saturated heterocycles. The largest absolute Gasteiger partial charge is 0.390 e. The standard InChI is InChI=1S/C17H22N6O/c1-18-16-15-17(20-11-19-16)21-12-23(15)10-14(24)9-22(2)8-13-6-4-3-5-7-13/h3-7,11-12,14,24H,8-10H2,1-2H3,(H,18,19,20). The van der Waals surface area contributed by atoms with E-state index in [2.05, 4.69) is 37.3 Å². The quantitative estimate of drug-likeness (QED) is 0.682. The molecular weight excluding hydrogens is 304 g/mol. The van der Waals surface area contributed by atoms with Gasteiger partial charge in [-0.05, 0) is 12.6 Å². The molecule has 7 heteroatoms. The van der Waals surface area contributed by atoms with Crippen LogP contribution in [0, 0.1) is 0 Å². The zero-order chi connectivity index (χ0) is 16.9. The minimum atomic E-state index is -0.513. The van der Waals surface area contributed by atoms with Crippen LogP contribution in [0.15, 0.2) is 43.0 Å². The van der Waals surface area contributed by atoms with Crippen molar-refractivity contribution in [2.75, 3.05) is 26.0 Å². The summed E-state index contributed by atoms with van der Waals surface area (Å²) < 4.78 is 1.89. The van der Waals surface area contributed by atoms with Gasteiger partial charge in [0, 0.05) is 20.1 Å². The van der Waals surface area contributed by atoms with Gasteiger partial charge in [-0.15, -0.1) is 0 Å². The molecule has 0 spiro atoms. The molecule has 1 atom stereocenters. The molecule has 0 aliphatic heterocycles. The molecule has 0 amide bonds. The number of aliphatic hydroxyl groups excluding tert-OH is 1. The van der Waals surface area contributed by atoms with E-state index in [1.165, 1.54) is 11.9 Å². The van der Waals surface area contributed by atoms with Crippen molar-refractivity contribution in [3.63, 3.8) is 0 Å². The maximum Gasteiger partial charge on any atom is 0.182 e. The van der Waals surface area contributed by atoms with Crippen LogP contribution < -0.4 is 5.32 Å². The smallest absolute Gasteiger partial charge is 0.182 e. The Hall–Kier alpha value is -2.51. The Balaban J connectivity index is 1.65. The van der Waals surface area contributed by atoms with Crippen molar-refractivity contribution >= 4 is 17.0 Å². The predicted molar refractivity (Wildman–Crippen MR) is 93.7 cm³/mol. The van der Waals surface area contributed by atoms with Gasteiger partial charge in [0.25, 0.3) is 0 Å². The van der Waals surface area contributed by atoms with Crippen LogP contribution in [0.1, 0.15) is 5.56 Å². The first-order valence-electron chi connectivity index (χ1n) is 7.91. The molecule has 7 nitrogen and oxygen atoms in total. The first-order chi connectivity index (χ1) is 11.7. The second-order valence-electron chi connectivity index (χ2n) is 5.88. The van der Waals surface area contributed by atoms with E-state index in [1.807, 2.05) is 36.9 Å². The Morgan fingerprint density at radius 1 is 1.21 bits per heavy atom. The van der Waals surface area contributed by atoms with Gasteiger partial charge in [-0.1, -0.05) is 30.3 Å². The number of nitrogens with zero attached hydrogens (tertiary/aromatic N) is 5. The predicted octanol–water partition coefficient (Wildman–Crippen LogP) is 1.36. The summed E-state index contributed by atoms with van der Waals surface area (Å²) in [5, 5.41) is 13.5. The van der Waals surface area contributed by atoms with E-state index in [-0.39, 0.29) is 0 Å². The zero-order valence-electron chi connectivity index (χ0n) is 13.9. The Morgan fingerprint density at radius 3 is 2.75 bits per heavy atom. The van der Waals surface area contributed by atoms with Crippen LogP contribution in [-0.4, -0.2) is 56.3 Å². The normalized spacial score (nSPS) is 12.7. The van der Waals surface area contributed by atoms with Crippen molar-refractivity contribution in [2.24, 2.45) is 0 Å². The molecule has 0 aliphatic rings. The van der Waals surface area contributed by atoms with Gasteiger partial charge in [-0.3, -0.25) is 4.90 Å². The first kappa shape index (κ1) is 16.4. The third-order valence-corrected chi connectivity index (χ3v) is 3.87. The summed E-state index contributed by atoms with van der Waals surface area (Å²) >= 11 is 0. The van der Waals surface area contributed by atoms with Gasteiger partial charge >= 0.3 is 0 Å². The van der Waals surface area contributed by atoms with Gasteiger partial charge in [-0.25, -0.2) is 15.0 Å². The van der Waals surface area contributed by atoms with Gasteiger partial charge in [0.05, 0.1) is 19.0 Å². The third kappa shape index (κ3) is 3.69. The van der Waals surface area contributed by atoms with Crippen LogP contribution in [0.4, 0.5) is 5.82 Å². The number of rotatable bonds is 7. The molecular formula is C17H22N6O. The lowest BCUT2D eigenvalue weighted by atomic mass is 10.2. The highest BCUT2D eigenvalue weighted by atomic mass is 16.3. The van der Waals surface area contributed by atoms with E-state index in [9.17, 15) is 5.11 Å². The van der Waals surface area contributed by atoms with E-state index < -0.39 is 6.10 Å². The fourth-order valence-electron chi connectivity index (χ4n) is 2.84. The molecule has 0 saturated carbocycles. The van der Waals surface area contributed by atoms with E-state index in [1.54, 1.807) is 6.33 Å². The van der Waals surface area contributed by atoms with Crippen LogP contribution in [0.2, 0.25) is 0 Å². The van der Waals surface area contributed by atoms with Crippen molar-refractivity contribution < 1.29 is 5.11 Å². The molecule has 3 rings (SSSR count). The van der Waals surface area contributed by atoms with Gasteiger partial charge < -0.3 is 15.0 Å². The molecule has 126 valence electrons. The molecule has 2 heterocycles. The number of hydrogen-bond acceptors (Lipinski definition) is 6. The van der Waals surface area contributed by atoms with Crippen LogP contribution in [0.5, 0.6) is 0 Å². The number of imidazole rings is 1. The average Bonchev–Trinajstić information content (AvgIpc) is 2.98. The summed E-state index contributed by atoms with van der Waals surface area (Å²) in [5.74, 6) is 0.711. The van der Waals surface area contributed by atoms with Crippen molar-refractivity contribution in [1.29, 1.82) is 0 Å². The number of likely N-dealkylation sites (N-methyl/N-ethyl adjacent to an activating group) is 1. The van der Waals surface area contributed by atoms with Crippen LogP contribution in [-0.2, 0) is 13.1 Å². The molecule has 0 fully saturated rings. The Bertz CT molecular complexity index is 788. The van der Waals surface area contributed by atoms with Crippen molar-refractivity contribution in [3.05, 3.63) is 48.5 Å². The summed E-state index contributed by atoms with van der Waals surface area (Å²) in [5.41, 5.74) is 2.66. The van der Waals surface area contributed by atoms with Gasteiger partial charge in [0.15, 0.2) is 11.5 Å². The van der Waals surface area contributed by atoms with E-state index in [0.717, 1.165) is 12.1 Å². The zero-order valence-corrected chi connectivity index (χ0v) is 13.9. The van der Waals surface area contributed by atoms with Crippen LogP contribution in [0.25, 0.3) is 11.2 Å². The highest BCUT2D eigenvalue weighted by molar-refractivity contribution is 5.82. The number of hydrogen-bond donors (Lipinski definition) is 2. The first-order valence-corrected chi connectivity index (χ1v) is 7.91. The van der Waals surface area contributed by atoms with E-state index >= 15 is 0 Å². The molecule has 24 heavy (non-hydrogen) atoms. The lowest BCUT2D eigenvalue weighted by Gasteiger charge is -2.21. The van der Waals surface area contributed by atoms with Gasteiger partial charge in [-0.2, -0.15) is 0 Å². The number of aliphatic hydroxyl groups is 1. The Kier molecular flexibility index (Phi) is 5.02. The number of nitrogens with one attached hydrogen (secondary N) is 1. The van der Waals surface area contributed by atoms with Crippen molar-refractivity contribution in [2.45, 2.75) is 19.2 Å². The fourth-order valence-corrected chi connectivity index (χ4v) is 2.84. The minimum absolute atomic E-state index is 0.442. The lowest BCUT2D eigenvalue weighted by Crippen LogP contribution is -2.31. The second kappa shape index (κ2) is 7.37. The average molecular weight is 326 g/mol. The van der Waals surface area contributed by atoms with Crippen LogP contribution in [0.3, 0.4) is 0 Å². The lowest BCUT2D eigenvalue weighted by molar-refractivity contribution is 0.108. The molecule has 1 aromatic carbocycles. The molecule has 2 N–H and O–H groups in total. The summed E-state index contributed by atoms with van der Waals surface area (Å²) in [7, 11) is 3.81. The highest BCUT2D eigenvalue weighted by Gasteiger charge is 2.14. The van der Waals surface area contributed by atoms with Crippen LogP contribution >= 0.6 is 0 Å². The molecule has 0 aliphatic carbocycles. The Labute approximate surface area is 141 Å². The van der Waals surface area contributed by atoms with E-state index in [0.29, 0.717) is 24.6 Å². The molecule has 1 unspecified atom stereocenters. The highest BCUT2D eigenvalue weighted by Crippen LogP contribution is 2.18. The second-order valence-corrected chi connectivity index (χ2v) is 5.88. The third-order valence-electron chi connectivity index (χ3n) is 3.87. The molecule has 0 radical (unpaired) electrons. The van der Waals surface area contributed by atoms with Crippen molar-refractivity contribution in [1.82, 2.24) is 24.4 Å². The van der Waals surface area contributed by atoms with Crippen molar-refractivity contribution in [3.8, 4) is 0 Å². The molecule has 0 bridgehead atoms. The maximum atomic E-state index is 10.4. The maximum absolute atomic E-state index is 10.4. The van der Waals surface area contributed by atoms with E-state index in [4.69, 9.17) is 0 Å².